The number of hydrogen-bond donors (Lipinski definition) is 0. The van der Waals surface area contributed by atoms with Gasteiger partial charge in [-0.05, 0) is 34.7 Å². The quantitative estimate of drug-likeness (QED) is 0.526. The standard InChI is InChI=1S/C17H26BrN3O2S/c1-17(2,3)15(22)12-10-21(11-23-7-8-24(4,5)6)16-14(12)20-13(18)9-19-16/h9-10H,7-8,11H2,1-6H3. The van der Waals surface area contributed by atoms with Crippen molar-refractivity contribution in [2.24, 2.45) is 5.41 Å². The maximum absolute atomic E-state index is 12.7. The minimum atomic E-state index is -0.577. The molecular formula is C17H26BrN3O2S. The molecule has 2 heterocycles. The summed E-state index contributed by atoms with van der Waals surface area (Å²) in [6, 6.07) is 0. The zero-order valence-electron chi connectivity index (χ0n) is 15.2. The van der Waals surface area contributed by atoms with Gasteiger partial charge in [0.2, 0.25) is 0 Å². The molecule has 0 N–H and O–H groups in total. The number of rotatable bonds is 6. The molecule has 0 spiro atoms. The van der Waals surface area contributed by atoms with E-state index < -0.39 is 15.4 Å². The highest BCUT2D eigenvalue weighted by molar-refractivity contribution is 9.10. The van der Waals surface area contributed by atoms with Gasteiger partial charge in [-0.3, -0.25) is 4.79 Å². The van der Waals surface area contributed by atoms with Crippen molar-refractivity contribution in [2.75, 3.05) is 31.1 Å². The van der Waals surface area contributed by atoms with Crippen molar-refractivity contribution < 1.29 is 9.53 Å². The molecule has 0 amide bonds. The van der Waals surface area contributed by atoms with Gasteiger partial charge in [0.1, 0.15) is 16.9 Å². The van der Waals surface area contributed by atoms with Crippen LogP contribution in [0.2, 0.25) is 0 Å². The van der Waals surface area contributed by atoms with Gasteiger partial charge in [-0.1, -0.05) is 20.8 Å². The summed E-state index contributed by atoms with van der Waals surface area (Å²) in [7, 11) is -0.577. The van der Waals surface area contributed by atoms with Crippen LogP contribution in [-0.2, 0) is 11.5 Å². The lowest BCUT2D eigenvalue weighted by atomic mass is 9.87. The van der Waals surface area contributed by atoms with Crippen LogP contribution in [0.15, 0.2) is 17.0 Å². The average molecular weight is 416 g/mol. The number of ether oxygens (including phenoxy) is 1. The topological polar surface area (TPSA) is 57.0 Å². The van der Waals surface area contributed by atoms with Gasteiger partial charge in [-0.2, -0.15) is 0 Å². The highest BCUT2D eigenvalue weighted by Crippen LogP contribution is 2.33. The Bertz CT molecular complexity index is 745. The lowest BCUT2D eigenvalue weighted by Gasteiger charge is -2.24. The van der Waals surface area contributed by atoms with Gasteiger partial charge >= 0.3 is 0 Å². The third kappa shape index (κ3) is 4.80. The zero-order chi connectivity index (χ0) is 18.1. The van der Waals surface area contributed by atoms with E-state index in [1.165, 1.54) is 0 Å². The number of halogens is 1. The normalized spacial score (nSPS) is 13.5. The van der Waals surface area contributed by atoms with Crippen LogP contribution in [0.1, 0.15) is 31.1 Å². The molecule has 0 aliphatic rings. The molecule has 0 aliphatic carbocycles. The van der Waals surface area contributed by atoms with Gasteiger partial charge in [0, 0.05) is 17.4 Å². The number of carbonyl (C=O) groups is 1. The number of Topliss-reactive ketones (excluding diaryl/α,β-unsaturated/α-hetero) is 1. The summed E-state index contributed by atoms with van der Waals surface area (Å²) in [4.78, 5) is 21.6. The van der Waals surface area contributed by atoms with Gasteiger partial charge in [-0.15, -0.1) is 0 Å². The fraction of sp³-hybridized carbons (Fsp3) is 0.588. The summed E-state index contributed by atoms with van der Waals surface area (Å²) >= 11 is 3.34. The maximum atomic E-state index is 12.7. The minimum Gasteiger partial charge on any atom is -0.360 e. The second-order valence-electron chi connectivity index (χ2n) is 7.79. The van der Waals surface area contributed by atoms with Crippen molar-refractivity contribution >= 4 is 42.9 Å². The summed E-state index contributed by atoms with van der Waals surface area (Å²) in [5.74, 6) is 1.11. The molecular weight excluding hydrogens is 390 g/mol. The van der Waals surface area contributed by atoms with Crippen molar-refractivity contribution in [1.29, 1.82) is 0 Å². The van der Waals surface area contributed by atoms with Gasteiger partial charge < -0.3 is 9.30 Å². The average Bonchev–Trinajstić information content (AvgIpc) is 2.78. The summed E-state index contributed by atoms with van der Waals surface area (Å²) in [6.45, 7) is 6.80. The molecule has 0 radical (unpaired) electrons. The van der Waals surface area contributed by atoms with Crippen LogP contribution in [0.3, 0.4) is 0 Å². The maximum Gasteiger partial charge on any atom is 0.171 e. The Hall–Kier alpha value is -0.920. The smallest absolute Gasteiger partial charge is 0.171 e. The van der Waals surface area contributed by atoms with E-state index in [0.717, 1.165) is 5.75 Å². The van der Waals surface area contributed by atoms with E-state index in [4.69, 9.17) is 4.74 Å². The summed E-state index contributed by atoms with van der Waals surface area (Å²) in [5.41, 5.74) is 1.42. The first-order chi connectivity index (χ1) is 11.0. The monoisotopic (exact) mass is 415 g/mol. The number of hydrogen-bond acceptors (Lipinski definition) is 4. The third-order valence-corrected chi connectivity index (χ3v) is 5.31. The molecule has 2 aromatic heterocycles. The van der Waals surface area contributed by atoms with Crippen LogP contribution < -0.4 is 0 Å². The van der Waals surface area contributed by atoms with Crippen LogP contribution in [0.25, 0.3) is 11.2 Å². The number of nitrogens with zero attached hydrogens (tertiary/aromatic N) is 3. The van der Waals surface area contributed by atoms with Crippen LogP contribution in [-0.4, -0.2) is 51.4 Å². The summed E-state index contributed by atoms with van der Waals surface area (Å²) in [6.07, 6.45) is 10.3. The molecule has 0 unspecified atom stereocenters. The van der Waals surface area contributed by atoms with Crippen molar-refractivity contribution in [2.45, 2.75) is 27.5 Å². The van der Waals surface area contributed by atoms with Crippen LogP contribution in [0.4, 0.5) is 0 Å². The minimum absolute atomic E-state index is 0.0535. The lowest BCUT2D eigenvalue weighted by Crippen LogP contribution is -2.20. The second-order valence-corrected chi connectivity index (χ2v) is 13.2. The number of aromatic nitrogens is 3. The first-order valence-corrected chi connectivity index (χ1v) is 11.6. The summed E-state index contributed by atoms with van der Waals surface area (Å²) in [5, 5.41) is 0. The van der Waals surface area contributed by atoms with Gasteiger partial charge in [-0.25, -0.2) is 20.0 Å². The Labute approximate surface area is 153 Å². The second kappa shape index (κ2) is 7.14. The molecule has 0 saturated carbocycles. The van der Waals surface area contributed by atoms with Crippen LogP contribution in [0, 0.1) is 5.41 Å². The van der Waals surface area contributed by atoms with Gasteiger partial charge in [0.25, 0.3) is 0 Å². The number of carbonyl (C=O) groups excluding carboxylic acids is 1. The first kappa shape index (κ1) is 19.4. The molecule has 2 aromatic rings. The van der Waals surface area contributed by atoms with E-state index in [9.17, 15) is 4.79 Å². The number of fused-ring (bicyclic) bond motifs is 1. The third-order valence-electron chi connectivity index (χ3n) is 3.53. The van der Waals surface area contributed by atoms with Crippen molar-refractivity contribution in [3.05, 3.63) is 22.6 Å². The SMILES string of the molecule is CC(C)(C)C(=O)c1cn(COCCS(C)(C)C)c2ncc(Br)nc12. The van der Waals surface area contributed by atoms with Crippen LogP contribution in [0.5, 0.6) is 0 Å². The largest absolute Gasteiger partial charge is 0.360 e. The van der Waals surface area contributed by atoms with Gasteiger partial charge in [0.15, 0.2) is 11.4 Å². The molecule has 134 valence electrons. The van der Waals surface area contributed by atoms with Crippen molar-refractivity contribution in [3.8, 4) is 0 Å². The van der Waals surface area contributed by atoms with Gasteiger partial charge in [0.05, 0.1) is 18.4 Å². The van der Waals surface area contributed by atoms with E-state index in [-0.39, 0.29) is 5.78 Å². The predicted molar refractivity (Wildman–Crippen MR) is 105 cm³/mol. The molecule has 0 aliphatic heterocycles. The Morgan fingerprint density at radius 2 is 2.00 bits per heavy atom. The zero-order valence-corrected chi connectivity index (χ0v) is 17.6. The van der Waals surface area contributed by atoms with E-state index in [1.54, 1.807) is 6.20 Å². The fourth-order valence-corrected chi connectivity index (χ4v) is 3.07. The highest BCUT2D eigenvalue weighted by Gasteiger charge is 2.27. The van der Waals surface area contributed by atoms with E-state index in [1.807, 2.05) is 31.5 Å². The molecule has 2 rings (SSSR count). The molecule has 0 bridgehead atoms. The molecule has 0 aromatic carbocycles. The highest BCUT2D eigenvalue weighted by atomic mass is 79.9. The van der Waals surface area contributed by atoms with E-state index in [0.29, 0.717) is 34.7 Å². The van der Waals surface area contributed by atoms with E-state index >= 15 is 0 Å². The molecule has 24 heavy (non-hydrogen) atoms. The molecule has 7 heteroatoms. The molecule has 0 saturated heterocycles. The predicted octanol–water partition coefficient (Wildman–Crippen LogP) is 4.09. The number of ketones is 1. The Morgan fingerprint density at radius 1 is 1.33 bits per heavy atom. The van der Waals surface area contributed by atoms with Crippen molar-refractivity contribution in [3.63, 3.8) is 0 Å². The van der Waals surface area contributed by atoms with E-state index in [2.05, 4.69) is 44.7 Å². The fourth-order valence-electron chi connectivity index (χ4n) is 2.17. The molecule has 0 atom stereocenters. The first-order valence-electron chi connectivity index (χ1n) is 7.79. The van der Waals surface area contributed by atoms with Crippen LogP contribution >= 0.6 is 26.0 Å². The Balaban J connectivity index is 2.29. The molecule has 5 nitrogen and oxygen atoms in total. The summed E-state index contributed by atoms with van der Waals surface area (Å²) < 4.78 is 8.29. The lowest BCUT2D eigenvalue weighted by molar-refractivity contribution is 0.0852. The Kier molecular flexibility index (Phi) is 5.77. The molecule has 0 fully saturated rings. The Morgan fingerprint density at radius 3 is 2.58 bits per heavy atom. The van der Waals surface area contributed by atoms with Crippen molar-refractivity contribution in [1.82, 2.24) is 14.5 Å².